The van der Waals surface area contributed by atoms with Crippen LogP contribution in [0.2, 0.25) is 0 Å². The van der Waals surface area contributed by atoms with E-state index in [9.17, 15) is 0 Å². The molecule has 104 valence electrons. The highest BCUT2D eigenvalue weighted by Crippen LogP contribution is 2.22. The summed E-state index contributed by atoms with van der Waals surface area (Å²) in [5.74, 6) is 0.828. The molecule has 0 fully saturated rings. The summed E-state index contributed by atoms with van der Waals surface area (Å²) in [7, 11) is 0. The number of aromatic nitrogens is 1. The van der Waals surface area contributed by atoms with Crippen molar-refractivity contribution < 1.29 is 4.42 Å². The van der Waals surface area contributed by atoms with Crippen LogP contribution >= 0.6 is 0 Å². The Labute approximate surface area is 118 Å². The molecule has 1 unspecified atom stereocenters. The lowest BCUT2D eigenvalue weighted by Gasteiger charge is -2.28. The number of pyridine rings is 1. The molecule has 0 aliphatic heterocycles. The lowest BCUT2D eigenvalue weighted by molar-refractivity contribution is 0.174. The van der Waals surface area contributed by atoms with Gasteiger partial charge in [-0.3, -0.25) is 9.88 Å². The summed E-state index contributed by atoms with van der Waals surface area (Å²) in [6, 6.07) is 9.84. The van der Waals surface area contributed by atoms with Gasteiger partial charge in [0.1, 0.15) is 5.76 Å². The van der Waals surface area contributed by atoms with E-state index < -0.39 is 0 Å². The summed E-state index contributed by atoms with van der Waals surface area (Å²) < 4.78 is 5.46. The minimum absolute atomic E-state index is 0.0291. The van der Waals surface area contributed by atoms with Crippen molar-refractivity contribution in [2.24, 2.45) is 5.73 Å². The molecule has 0 bridgehead atoms. The number of hydrogen-bond donors (Lipinski definition) is 1. The molecule has 2 rings (SSSR count). The van der Waals surface area contributed by atoms with E-state index >= 15 is 0 Å². The quantitative estimate of drug-likeness (QED) is 0.833. The molecule has 0 radical (unpaired) electrons. The van der Waals surface area contributed by atoms with Crippen LogP contribution in [0, 0.1) is 11.3 Å². The molecule has 5 nitrogen and oxygen atoms in total. The van der Waals surface area contributed by atoms with Gasteiger partial charge in [-0.15, -0.1) is 0 Å². The molecule has 20 heavy (non-hydrogen) atoms. The van der Waals surface area contributed by atoms with E-state index in [4.69, 9.17) is 15.4 Å². The van der Waals surface area contributed by atoms with Crippen LogP contribution < -0.4 is 5.73 Å². The maximum absolute atomic E-state index is 8.82. The van der Waals surface area contributed by atoms with Crippen molar-refractivity contribution in [2.45, 2.75) is 19.0 Å². The first-order chi connectivity index (χ1) is 9.85. The highest BCUT2D eigenvalue weighted by atomic mass is 16.3. The van der Waals surface area contributed by atoms with Gasteiger partial charge in [0.05, 0.1) is 18.4 Å². The average Bonchev–Trinajstić information content (AvgIpc) is 3.00. The van der Waals surface area contributed by atoms with Gasteiger partial charge in [0, 0.05) is 38.4 Å². The number of rotatable bonds is 7. The standard InChI is InChI=1S/C15H18N4O/c16-6-3-8-19(12-13-4-1-7-18-11-13)14(10-17)15-5-2-9-20-15/h1-2,4-5,7,9,11,14H,3,8,10,12,17H2. The van der Waals surface area contributed by atoms with Crippen LogP contribution in [0.1, 0.15) is 23.8 Å². The third-order valence-electron chi connectivity index (χ3n) is 3.15. The van der Waals surface area contributed by atoms with Gasteiger partial charge in [-0.2, -0.15) is 5.26 Å². The molecule has 2 heterocycles. The van der Waals surface area contributed by atoms with Gasteiger partial charge < -0.3 is 10.2 Å². The first-order valence-corrected chi connectivity index (χ1v) is 6.58. The van der Waals surface area contributed by atoms with Crippen LogP contribution in [-0.4, -0.2) is 23.0 Å². The molecule has 0 spiro atoms. The van der Waals surface area contributed by atoms with Gasteiger partial charge in [0.15, 0.2) is 0 Å². The van der Waals surface area contributed by atoms with Gasteiger partial charge in [0.2, 0.25) is 0 Å². The van der Waals surface area contributed by atoms with Crippen molar-refractivity contribution in [2.75, 3.05) is 13.1 Å². The SMILES string of the molecule is N#CCCN(Cc1cccnc1)C(CN)c1ccco1. The predicted molar refractivity (Wildman–Crippen MR) is 75.4 cm³/mol. The second-order valence-electron chi connectivity index (χ2n) is 4.51. The van der Waals surface area contributed by atoms with Crippen LogP contribution in [0.3, 0.4) is 0 Å². The van der Waals surface area contributed by atoms with Gasteiger partial charge in [-0.25, -0.2) is 0 Å². The topological polar surface area (TPSA) is 79.1 Å². The largest absolute Gasteiger partial charge is 0.468 e. The van der Waals surface area contributed by atoms with E-state index in [1.165, 1.54) is 0 Å². The molecule has 0 aromatic carbocycles. The highest BCUT2D eigenvalue weighted by molar-refractivity contribution is 5.11. The van der Waals surface area contributed by atoms with Crippen molar-refractivity contribution in [3.8, 4) is 6.07 Å². The fraction of sp³-hybridized carbons (Fsp3) is 0.333. The maximum atomic E-state index is 8.82. The third kappa shape index (κ3) is 3.67. The molecule has 0 amide bonds. The predicted octanol–water partition coefficient (Wildman–Crippen LogP) is 2.09. The second-order valence-corrected chi connectivity index (χ2v) is 4.51. The normalized spacial score (nSPS) is 12.2. The molecule has 0 saturated carbocycles. The van der Waals surface area contributed by atoms with Crippen molar-refractivity contribution in [3.05, 3.63) is 54.2 Å². The molecule has 5 heteroatoms. The smallest absolute Gasteiger partial charge is 0.122 e. The summed E-state index contributed by atoms with van der Waals surface area (Å²) in [4.78, 5) is 6.27. The minimum atomic E-state index is -0.0291. The molecule has 2 aromatic rings. The minimum Gasteiger partial charge on any atom is -0.468 e. The summed E-state index contributed by atoms with van der Waals surface area (Å²) in [6.45, 7) is 1.78. The zero-order valence-corrected chi connectivity index (χ0v) is 11.3. The van der Waals surface area contributed by atoms with Crippen LogP contribution in [0.4, 0.5) is 0 Å². The Hall–Kier alpha value is -2.16. The van der Waals surface area contributed by atoms with Crippen molar-refractivity contribution in [1.82, 2.24) is 9.88 Å². The van der Waals surface area contributed by atoms with Gasteiger partial charge in [0.25, 0.3) is 0 Å². The van der Waals surface area contributed by atoms with E-state index in [1.807, 2.05) is 30.5 Å². The first-order valence-electron chi connectivity index (χ1n) is 6.58. The van der Waals surface area contributed by atoms with Crippen molar-refractivity contribution in [3.63, 3.8) is 0 Å². The number of hydrogen-bond acceptors (Lipinski definition) is 5. The fourth-order valence-corrected chi connectivity index (χ4v) is 2.19. The average molecular weight is 270 g/mol. The summed E-state index contributed by atoms with van der Waals surface area (Å²) >= 11 is 0. The van der Waals surface area contributed by atoms with E-state index in [0.717, 1.165) is 11.3 Å². The number of furan rings is 1. The highest BCUT2D eigenvalue weighted by Gasteiger charge is 2.21. The van der Waals surface area contributed by atoms with Crippen LogP contribution in [-0.2, 0) is 6.54 Å². The Kier molecular flexibility index (Phi) is 5.30. The fourth-order valence-electron chi connectivity index (χ4n) is 2.19. The summed E-state index contributed by atoms with van der Waals surface area (Å²) in [6.07, 6.45) is 5.67. The summed E-state index contributed by atoms with van der Waals surface area (Å²) in [5, 5.41) is 8.82. The van der Waals surface area contributed by atoms with Crippen molar-refractivity contribution in [1.29, 1.82) is 5.26 Å². The summed E-state index contributed by atoms with van der Waals surface area (Å²) in [5.41, 5.74) is 6.98. The van der Waals surface area contributed by atoms with E-state index in [0.29, 0.717) is 26.1 Å². The van der Waals surface area contributed by atoms with Crippen LogP contribution in [0.25, 0.3) is 0 Å². The Morgan fingerprint density at radius 1 is 1.40 bits per heavy atom. The van der Waals surface area contributed by atoms with E-state index in [1.54, 1.807) is 12.5 Å². The second kappa shape index (κ2) is 7.43. The maximum Gasteiger partial charge on any atom is 0.122 e. The molecular formula is C15H18N4O. The number of nitrogens with zero attached hydrogens (tertiary/aromatic N) is 3. The van der Waals surface area contributed by atoms with E-state index in [-0.39, 0.29) is 6.04 Å². The molecule has 0 aliphatic rings. The molecule has 1 atom stereocenters. The molecule has 2 aromatic heterocycles. The zero-order valence-electron chi connectivity index (χ0n) is 11.3. The number of nitrogens with two attached hydrogens (primary N) is 1. The van der Waals surface area contributed by atoms with E-state index in [2.05, 4.69) is 16.0 Å². The van der Waals surface area contributed by atoms with Crippen LogP contribution in [0.15, 0.2) is 47.3 Å². The van der Waals surface area contributed by atoms with Gasteiger partial charge in [-0.1, -0.05) is 6.07 Å². The Bertz CT molecular complexity index is 533. The molecular weight excluding hydrogens is 252 g/mol. The Morgan fingerprint density at radius 3 is 2.90 bits per heavy atom. The van der Waals surface area contributed by atoms with Crippen molar-refractivity contribution >= 4 is 0 Å². The lowest BCUT2D eigenvalue weighted by Crippen LogP contribution is -2.34. The van der Waals surface area contributed by atoms with Gasteiger partial charge in [-0.05, 0) is 23.8 Å². The zero-order chi connectivity index (χ0) is 14.2. The Morgan fingerprint density at radius 2 is 2.30 bits per heavy atom. The number of nitriles is 1. The molecule has 0 saturated heterocycles. The Balaban J connectivity index is 2.15. The van der Waals surface area contributed by atoms with Gasteiger partial charge >= 0.3 is 0 Å². The third-order valence-corrected chi connectivity index (χ3v) is 3.15. The van der Waals surface area contributed by atoms with Crippen LogP contribution in [0.5, 0.6) is 0 Å². The molecule has 2 N–H and O–H groups in total. The first kappa shape index (κ1) is 14.3. The molecule has 0 aliphatic carbocycles. The lowest BCUT2D eigenvalue weighted by atomic mass is 10.1. The monoisotopic (exact) mass is 270 g/mol.